The van der Waals surface area contributed by atoms with Gasteiger partial charge in [0.2, 0.25) is 0 Å². The quantitative estimate of drug-likeness (QED) is 0.852. The van der Waals surface area contributed by atoms with Crippen LogP contribution in [0.2, 0.25) is 5.02 Å². The highest BCUT2D eigenvalue weighted by Gasteiger charge is 2.28. The number of thiophene rings is 1. The first-order chi connectivity index (χ1) is 11.5. The standard InChI is InChI=1S/C18H19ClN2O2S/c1-2-10-7-8-12-14(9-10)24-18(15(12)16(20)22)21-17(23)11-5-3-4-6-13(11)19/h3-6,10H,2,7-9H2,1H3,(H2,20,22)(H,21,23)/t10-/m1/s1. The lowest BCUT2D eigenvalue weighted by molar-refractivity contribution is 0.1000. The molecular weight excluding hydrogens is 344 g/mol. The lowest BCUT2D eigenvalue weighted by atomic mass is 9.85. The fraction of sp³-hybridized carbons (Fsp3) is 0.333. The van der Waals surface area contributed by atoms with Gasteiger partial charge in [-0.1, -0.05) is 37.1 Å². The van der Waals surface area contributed by atoms with Gasteiger partial charge in [0.25, 0.3) is 11.8 Å². The van der Waals surface area contributed by atoms with E-state index < -0.39 is 5.91 Å². The van der Waals surface area contributed by atoms with Crippen molar-refractivity contribution in [1.82, 2.24) is 0 Å². The average Bonchev–Trinajstić information content (AvgIpc) is 2.91. The van der Waals surface area contributed by atoms with Crippen LogP contribution >= 0.6 is 22.9 Å². The number of amides is 2. The van der Waals surface area contributed by atoms with Crippen molar-refractivity contribution in [2.75, 3.05) is 5.32 Å². The zero-order chi connectivity index (χ0) is 17.3. The van der Waals surface area contributed by atoms with Crippen LogP contribution < -0.4 is 11.1 Å². The summed E-state index contributed by atoms with van der Waals surface area (Å²) < 4.78 is 0. The van der Waals surface area contributed by atoms with Gasteiger partial charge in [-0.3, -0.25) is 9.59 Å². The average molecular weight is 363 g/mol. The summed E-state index contributed by atoms with van der Waals surface area (Å²) in [5, 5.41) is 3.75. The Morgan fingerprint density at radius 3 is 2.79 bits per heavy atom. The van der Waals surface area contributed by atoms with E-state index in [1.165, 1.54) is 11.3 Å². The lowest BCUT2D eigenvalue weighted by Gasteiger charge is -2.20. The number of benzene rings is 1. The van der Waals surface area contributed by atoms with Gasteiger partial charge in [0.15, 0.2) is 0 Å². The van der Waals surface area contributed by atoms with Gasteiger partial charge in [-0.25, -0.2) is 0 Å². The van der Waals surface area contributed by atoms with E-state index in [4.69, 9.17) is 17.3 Å². The predicted molar refractivity (Wildman–Crippen MR) is 98.0 cm³/mol. The number of carbonyl (C=O) groups is 2. The summed E-state index contributed by atoms with van der Waals surface area (Å²) in [7, 11) is 0. The normalized spacial score (nSPS) is 16.5. The van der Waals surface area contributed by atoms with E-state index in [9.17, 15) is 9.59 Å². The Kier molecular flexibility index (Phi) is 4.92. The van der Waals surface area contributed by atoms with Crippen LogP contribution in [0.1, 0.15) is 50.9 Å². The van der Waals surface area contributed by atoms with Gasteiger partial charge in [0.1, 0.15) is 5.00 Å². The van der Waals surface area contributed by atoms with Crippen molar-refractivity contribution in [3.8, 4) is 0 Å². The van der Waals surface area contributed by atoms with Gasteiger partial charge < -0.3 is 11.1 Å². The van der Waals surface area contributed by atoms with Crippen LogP contribution in [0.3, 0.4) is 0 Å². The maximum Gasteiger partial charge on any atom is 0.257 e. The van der Waals surface area contributed by atoms with Crippen molar-refractivity contribution in [3.05, 3.63) is 50.9 Å². The predicted octanol–water partition coefficient (Wildman–Crippen LogP) is 4.27. The summed E-state index contributed by atoms with van der Waals surface area (Å²) in [4.78, 5) is 25.6. The Balaban J connectivity index is 1.94. The van der Waals surface area contributed by atoms with Crippen LogP contribution in [-0.2, 0) is 12.8 Å². The van der Waals surface area contributed by atoms with Gasteiger partial charge in [-0.05, 0) is 42.9 Å². The Morgan fingerprint density at radius 2 is 2.12 bits per heavy atom. The molecule has 0 fully saturated rings. The van der Waals surface area contributed by atoms with Crippen molar-refractivity contribution in [1.29, 1.82) is 0 Å². The van der Waals surface area contributed by atoms with Gasteiger partial charge in [0.05, 0.1) is 16.1 Å². The third-order valence-corrected chi connectivity index (χ3v) is 6.04. The van der Waals surface area contributed by atoms with E-state index in [1.54, 1.807) is 24.3 Å². The molecule has 0 unspecified atom stereocenters. The minimum absolute atomic E-state index is 0.325. The minimum Gasteiger partial charge on any atom is -0.365 e. The maximum absolute atomic E-state index is 12.5. The summed E-state index contributed by atoms with van der Waals surface area (Å²) >= 11 is 7.54. The van der Waals surface area contributed by atoms with E-state index >= 15 is 0 Å². The van der Waals surface area contributed by atoms with Crippen LogP contribution in [0.5, 0.6) is 0 Å². The summed E-state index contributed by atoms with van der Waals surface area (Å²) in [5.41, 5.74) is 7.44. The molecule has 0 spiro atoms. The van der Waals surface area contributed by atoms with Crippen LogP contribution in [0.25, 0.3) is 0 Å². The molecule has 1 aromatic carbocycles. The number of hydrogen-bond acceptors (Lipinski definition) is 3. The molecule has 0 aliphatic heterocycles. The van der Waals surface area contributed by atoms with E-state index in [1.807, 2.05) is 0 Å². The summed E-state index contributed by atoms with van der Waals surface area (Å²) in [6.45, 7) is 2.18. The van der Waals surface area contributed by atoms with Gasteiger partial charge >= 0.3 is 0 Å². The molecule has 3 rings (SSSR count). The molecule has 4 nitrogen and oxygen atoms in total. The highest BCUT2D eigenvalue weighted by Crippen LogP contribution is 2.40. The SMILES string of the molecule is CC[C@@H]1CCc2c(sc(NC(=O)c3ccccc3Cl)c2C(N)=O)C1. The Bertz CT molecular complexity index is 800. The topological polar surface area (TPSA) is 72.2 Å². The molecule has 3 N–H and O–H groups in total. The lowest BCUT2D eigenvalue weighted by Crippen LogP contribution is -2.19. The first kappa shape index (κ1) is 17.0. The number of fused-ring (bicyclic) bond motifs is 1. The molecule has 1 aliphatic carbocycles. The molecular formula is C18H19ClN2O2S. The number of rotatable bonds is 4. The molecule has 0 bridgehead atoms. The van der Waals surface area contributed by atoms with Crippen LogP contribution in [0.15, 0.2) is 24.3 Å². The van der Waals surface area contributed by atoms with Gasteiger partial charge in [-0.2, -0.15) is 0 Å². The van der Waals surface area contributed by atoms with Crippen molar-refractivity contribution < 1.29 is 9.59 Å². The molecule has 0 saturated heterocycles. The summed E-state index contributed by atoms with van der Waals surface area (Å²) in [6.07, 6.45) is 3.95. The third kappa shape index (κ3) is 3.19. The second kappa shape index (κ2) is 6.95. The highest BCUT2D eigenvalue weighted by atomic mass is 35.5. The van der Waals surface area contributed by atoms with Crippen molar-refractivity contribution in [3.63, 3.8) is 0 Å². The van der Waals surface area contributed by atoms with Crippen LogP contribution in [0, 0.1) is 5.92 Å². The van der Waals surface area contributed by atoms with Crippen LogP contribution in [-0.4, -0.2) is 11.8 Å². The molecule has 6 heteroatoms. The van der Waals surface area contributed by atoms with Crippen molar-refractivity contribution in [2.24, 2.45) is 11.7 Å². The molecule has 24 heavy (non-hydrogen) atoms. The molecule has 0 radical (unpaired) electrons. The van der Waals surface area contributed by atoms with Gasteiger partial charge in [-0.15, -0.1) is 11.3 Å². The maximum atomic E-state index is 12.5. The summed E-state index contributed by atoms with van der Waals surface area (Å²) in [6, 6.07) is 6.84. The van der Waals surface area contributed by atoms with E-state index in [0.717, 1.165) is 36.1 Å². The number of primary amides is 1. The van der Waals surface area contributed by atoms with E-state index in [0.29, 0.717) is 27.1 Å². The number of nitrogens with two attached hydrogens (primary N) is 1. The Morgan fingerprint density at radius 1 is 1.38 bits per heavy atom. The number of anilines is 1. The monoisotopic (exact) mass is 362 g/mol. The highest BCUT2D eigenvalue weighted by molar-refractivity contribution is 7.17. The second-order valence-corrected chi connectivity index (χ2v) is 7.54. The zero-order valence-corrected chi connectivity index (χ0v) is 15.0. The number of nitrogens with one attached hydrogen (secondary N) is 1. The summed E-state index contributed by atoms with van der Waals surface area (Å²) in [5.74, 6) is -0.186. The smallest absolute Gasteiger partial charge is 0.257 e. The minimum atomic E-state index is -0.489. The van der Waals surface area contributed by atoms with Gasteiger partial charge in [0, 0.05) is 4.88 Å². The molecule has 1 aromatic heterocycles. The fourth-order valence-corrected chi connectivity index (χ4v) is 4.75. The first-order valence-corrected chi connectivity index (χ1v) is 9.20. The number of halogens is 1. The number of hydrogen-bond donors (Lipinski definition) is 2. The Labute approximate surface area is 150 Å². The Hall–Kier alpha value is -1.85. The fourth-order valence-electron chi connectivity index (χ4n) is 3.17. The van der Waals surface area contributed by atoms with E-state index in [2.05, 4.69) is 12.2 Å². The molecule has 0 saturated carbocycles. The first-order valence-electron chi connectivity index (χ1n) is 8.01. The largest absolute Gasteiger partial charge is 0.365 e. The van der Waals surface area contributed by atoms with Crippen molar-refractivity contribution >= 4 is 39.8 Å². The zero-order valence-electron chi connectivity index (χ0n) is 13.4. The molecule has 1 aliphatic rings. The van der Waals surface area contributed by atoms with E-state index in [-0.39, 0.29) is 5.91 Å². The molecule has 126 valence electrons. The molecule has 1 atom stereocenters. The molecule has 2 amide bonds. The second-order valence-electron chi connectivity index (χ2n) is 6.02. The van der Waals surface area contributed by atoms with Crippen molar-refractivity contribution in [2.45, 2.75) is 32.6 Å². The molecule has 1 heterocycles. The van der Waals surface area contributed by atoms with Crippen LogP contribution in [0.4, 0.5) is 5.00 Å². The third-order valence-electron chi connectivity index (χ3n) is 4.54. The number of carbonyl (C=O) groups excluding carboxylic acids is 2. The molecule has 2 aromatic rings.